The van der Waals surface area contributed by atoms with E-state index in [2.05, 4.69) is 0 Å². The van der Waals surface area contributed by atoms with E-state index in [9.17, 15) is 8.78 Å². The van der Waals surface area contributed by atoms with Crippen molar-refractivity contribution >= 4 is 5.57 Å². The molecule has 0 unspecified atom stereocenters. The minimum Gasteiger partial charge on any atom is -0.207 e. The van der Waals surface area contributed by atoms with Crippen LogP contribution in [-0.4, -0.2) is 0 Å². The molecule has 2 heteroatoms. The third-order valence-corrected chi connectivity index (χ3v) is 2.94. The molecule has 1 aromatic rings. The first-order chi connectivity index (χ1) is 8.08. The van der Waals surface area contributed by atoms with E-state index in [0.717, 1.165) is 16.7 Å². The summed E-state index contributed by atoms with van der Waals surface area (Å²) < 4.78 is 27.0. The molecule has 2 rings (SSSR count). The molecular weight excluding hydrogens is 218 g/mol. The third kappa shape index (κ3) is 2.52. The Labute approximate surface area is 100.0 Å². The van der Waals surface area contributed by atoms with Crippen molar-refractivity contribution in [3.8, 4) is 0 Å². The van der Waals surface area contributed by atoms with Gasteiger partial charge in [-0.15, -0.1) is 0 Å². The van der Waals surface area contributed by atoms with Gasteiger partial charge in [0.1, 0.15) is 11.7 Å². The summed E-state index contributed by atoms with van der Waals surface area (Å²) in [6.45, 7) is 3.45. The highest BCUT2D eigenvalue weighted by Gasteiger charge is 2.11. The quantitative estimate of drug-likeness (QED) is 0.647. The molecule has 0 spiro atoms. The number of allylic oxidation sites excluding steroid dienone is 6. The molecule has 0 aromatic heterocycles. The average molecular weight is 232 g/mol. The third-order valence-electron chi connectivity index (χ3n) is 2.94. The Kier molecular flexibility index (Phi) is 3.23. The van der Waals surface area contributed by atoms with Gasteiger partial charge in [0.05, 0.1) is 0 Å². The van der Waals surface area contributed by atoms with Gasteiger partial charge in [-0.25, -0.2) is 8.78 Å². The maximum absolute atomic E-state index is 13.6. The van der Waals surface area contributed by atoms with Gasteiger partial charge in [0.15, 0.2) is 0 Å². The zero-order valence-corrected chi connectivity index (χ0v) is 9.93. The Morgan fingerprint density at radius 3 is 2.29 bits per heavy atom. The van der Waals surface area contributed by atoms with E-state index in [4.69, 9.17) is 0 Å². The lowest BCUT2D eigenvalue weighted by Crippen LogP contribution is -1.84. The van der Waals surface area contributed by atoms with Crippen LogP contribution in [0, 0.1) is 6.92 Å². The van der Waals surface area contributed by atoms with Gasteiger partial charge in [-0.05, 0) is 43.6 Å². The Morgan fingerprint density at radius 2 is 1.65 bits per heavy atom. The van der Waals surface area contributed by atoms with Crippen LogP contribution in [0.25, 0.3) is 5.57 Å². The molecule has 0 saturated heterocycles. The van der Waals surface area contributed by atoms with Crippen molar-refractivity contribution in [3.63, 3.8) is 0 Å². The van der Waals surface area contributed by atoms with Crippen molar-refractivity contribution < 1.29 is 8.78 Å². The molecule has 0 atom stereocenters. The van der Waals surface area contributed by atoms with E-state index in [1.807, 2.05) is 31.2 Å². The first-order valence-electron chi connectivity index (χ1n) is 5.58. The number of halogens is 2. The minimum absolute atomic E-state index is 0.0760. The van der Waals surface area contributed by atoms with Crippen molar-refractivity contribution in [2.45, 2.75) is 20.3 Å². The van der Waals surface area contributed by atoms with E-state index >= 15 is 0 Å². The highest BCUT2D eigenvalue weighted by molar-refractivity contribution is 5.70. The second kappa shape index (κ2) is 4.66. The molecule has 0 amide bonds. The summed E-state index contributed by atoms with van der Waals surface area (Å²) in [6.07, 6.45) is 3.26. The molecule has 0 aliphatic heterocycles. The molecular formula is C15H14F2. The fourth-order valence-electron chi connectivity index (χ4n) is 1.76. The van der Waals surface area contributed by atoms with Gasteiger partial charge >= 0.3 is 0 Å². The number of hydrogen-bond donors (Lipinski definition) is 0. The maximum atomic E-state index is 13.6. The monoisotopic (exact) mass is 232 g/mol. The lowest BCUT2D eigenvalue weighted by atomic mass is 10.0. The van der Waals surface area contributed by atoms with Gasteiger partial charge in [-0.3, -0.25) is 0 Å². The van der Waals surface area contributed by atoms with Gasteiger partial charge in [0.25, 0.3) is 0 Å². The van der Waals surface area contributed by atoms with Crippen molar-refractivity contribution in [1.29, 1.82) is 0 Å². The Morgan fingerprint density at radius 1 is 1.00 bits per heavy atom. The molecule has 1 aromatic carbocycles. The second-order valence-electron chi connectivity index (χ2n) is 4.26. The molecule has 0 N–H and O–H groups in total. The zero-order valence-electron chi connectivity index (χ0n) is 9.93. The van der Waals surface area contributed by atoms with Crippen LogP contribution < -0.4 is 0 Å². The topological polar surface area (TPSA) is 0 Å². The van der Waals surface area contributed by atoms with Crippen LogP contribution in [0.15, 0.2) is 53.6 Å². The van der Waals surface area contributed by atoms with E-state index in [1.165, 1.54) is 19.1 Å². The maximum Gasteiger partial charge on any atom is 0.129 e. The fourth-order valence-corrected chi connectivity index (χ4v) is 1.76. The van der Waals surface area contributed by atoms with Gasteiger partial charge in [-0.2, -0.15) is 0 Å². The van der Waals surface area contributed by atoms with Crippen LogP contribution in [-0.2, 0) is 0 Å². The van der Waals surface area contributed by atoms with Crippen LogP contribution in [0.5, 0.6) is 0 Å². The van der Waals surface area contributed by atoms with E-state index in [1.54, 1.807) is 0 Å². The van der Waals surface area contributed by atoms with Crippen molar-refractivity contribution in [3.05, 3.63) is 64.8 Å². The number of benzene rings is 1. The van der Waals surface area contributed by atoms with Crippen LogP contribution in [0.1, 0.15) is 24.5 Å². The summed E-state index contributed by atoms with van der Waals surface area (Å²) in [4.78, 5) is 0. The van der Waals surface area contributed by atoms with Crippen molar-refractivity contribution in [2.75, 3.05) is 0 Å². The average Bonchev–Trinajstić information content (AvgIpc) is 2.44. The fraction of sp³-hybridized carbons (Fsp3) is 0.200. The van der Waals surface area contributed by atoms with Gasteiger partial charge in [0.2, 0.25) is 0 Å². The first kappa shape index (κ1) is 11.8. The van der Waals surface area contributed by atoms with E-state index < -0.39 is 11.7 Å². The first-order valence-corrected chi connectivity index (χ1v) is 5.58. The SMILES string of the molecule is CC1=C(F)C=C(c2ccc(C)cc2)CC=C1F. The molecule has 0 radical (unpaired) electrons. The standard InChI is InChI=1S/C15H14F2/c1-10-3-5-12(6-4-10)13-7-8-14(16)11(2)15(17)9-13/h3-6,8-9H,7H2,1-2H3. The van der Waals surface area contributed by atoms with Crippen LogP contribution in [0.2, 0.25) is 0 Å². The normalized spacial score (nSPS) is 16.5. The van der Waals surface area contributed by atoms with Crippen LogP contribution in [0.3, 0.4) is 0 Å². The zero-order chi connectivity index (χ0) is 12.4. The van der Waals surface area contributed by atoms with E-state index in [-0.39, 0.29) is 5.57 Å². The largest absolute Gasteiger partial charge is 0.207 e. The highest BCUT2D eigenvalue weighted by Crippen LogP contribution is 2.29. The highest BCUT2D eigenvalue weighted by atomic mass is 19.1. The second-order valence-corrected chi connectivity index (χ2v) is 4.26. The molecule has 0 fully saturated rings. The smallest absolute Gasteiger partial charge is 0.129 e. The van der Waals surface area contributed by atoms with Crippen LogP contribution in [0.4, 0.5) is 8.78 Å². The summed E-state index contributed by atoms with van der Waals surface area (Å²) in [5.74, 6) is -0.965. The lowest BCUT2D eigenvalue weighted by Gasteiger charge is -2.04. The van der Waals surface area contributed by atoms with Gasteiger partial charge in [0, 0.05) is 5.57 Å². The number of aryl methyl sites for hydroxylation is 1. The summed E-state index contributed by atoms with van der Waals surface area (Å²) in [6, 6.07) is 7.80. The predicted molar refractivity (Wildman–Crippen MR) is 66.8 cm³/mol. The molecule has 0 nitrogen and oxygen atoms in total. The predicted octanol–water partition coefficient (Wildman–Crippen LogP) is 4.88. The molecule has 0 saturated carbocycles. The number of rotatable bonds is 1. The molecule has 17 heavy (non-hydrogen) atoms. The van der Waals surface area contributed by atoms with Crippen LogP contribution >= 0.6 is 0 Å². The van der Waals surface area contributed by atoms with Gasteiger partial charge in [-0.1, -0.05) is 29.8 Å². The summed E-state index contributed by atoms with van der Waals surface area (Å²) in [5.41, 5.74) is 2.96. The molecule has 1 aliphatic rings. The Hall–Kier alpha value is -1.70. The summed E-state index contributed by atoms with van der Waals surface area (Å²) in [7, 11) is 0. The van der Waals surface area contributed by atoms with E-state index in [0.29, 0.717) is 6.42 Å². The Balaban J connectivity index is 2.42. The van der Waals surface area contributed by atoms with Crippen molar-refractivity contribution in [2.24, 2.45) is 0 Å². The molecule has 0 heterocycles. The lowest BCUT2D eigenvalue weighted by molar-refractivity contribution is 0.611. The molecule has 1 aliphatic carbocycles. The molecule has 0 bridgehead atoms. The van der Waals surface area contributed by atoms with Gasteiger partial charge < -0.3 is 0 Å². The Bertz CT molecular complexity index is 516. The minimum atomic E-state index is -0.494. The summed E-state index contributed by atoms with van der Waals surface area (Å²) in [5, 5.41) is 0. The molecule has 88 valence electrons. The number of hydrogen-bond acceptors (Lipinski definition) is 0. The van der Waals surface area contributed by atoms with Crippen molar-refractivity contribution in [1.82, 2.24) is 0 Å². The summed E-state index contributed by atoms with van der Waals surface area (Å²) >= 11 is 0.